The maximum atomic E-state index is 12.7. The highest BCUT2D eigenvalue weighted by atomic mass is 32.2. The lowest BCUT2D eigenvalue weighted by Crippen LogP contribution is -2.40. The van der Waals surface area contributed by atoms with E-state index in [4.69, 9.17) is 18.6 Å². The molecule has 4 aromatic rings. The van der Waals surface area contributed by atoms with E-state index in [-0.39, 0.29) is 4.90 Å². The van der Waals surface area contributed by atoms with Crippen LogP contribution in [0.2, 0.25) is 0 Å². The number of ether oxygens (including phenoxy) is 3. The van der Waals surface area contributed by atoms with Crippen LogP contribution in [0.4, 0.5) is 5.69 Å². The Labute approximate surface area is 224 Å². The minimum atomic E-state index is -3.60. The maximum absolute atomic E-state index is 12.7. The summed E-state index contributed by atoms with van der Waals surface area (Å²) >= 11 is 0. The second-order valence-electron chi connectivity index (χ2n) is 8.72. The van der Waals surface area contributed by atoms with Crippen LogP contribution in [0.15, 0.2) is 76.1 Å². The Hall–Kier alpha value is -4.19. The van der Waals surface area contributed by atoms with Crippen LogP contribution in [-0.2, 0) is 29.1 Å². The molecule has 1 N–H and O–H groups in total. The molecule has 1 saturated heterocycles. The number of carbonyl (C=O) groups is 2. The number of esters is 1. The van der Waals surface area contributed by atoms with Crippen molar-refractivity contribution < 1.29 is 36.6 Å². The third-order valence-electron chi connectivity index (χ3n) is 6.22. The molecule has 1 aromatic heterocycles. The number of para-hydroxylation sites is 1. The molecule has 10 nitrogen and oxygen atoms in total. The topological polar surface area (TPSA) is 124 Å². The summed E-state index contributed by atoms with van der Waals surface area (Å²) in [6, 6.07) is 17.2. The fourth-order valence-electron chi connectivity index (χ4n) is 4.24. The first kappa shape index (κ1) is 26.4. The van der Waals surface area contributed by atoms with Gasteiger partial charge in [0.1, 0.15) is 16.9 Å². The van der Waals surface area contributed by atoms with Gasteiger partial charge in [-0.15, -0.1) is 0 Å². The van der Waals surface area contributed by atoms with Crippen molar-refractivity contribution in [1.82, 2.24) is 4.31 Å². The average Bonchev–Trinajstić information content (AvgIpc) is 3.32. The number of methoxy groups -OCH3 is 1. The smallest absolute Gasteiger partial charge is 0.331 e. The van der Waals surface area contributed by atoms with Crippen LogP contribution in [0.5, 0.6) is 5.75 Å². The highest BCUT2D eigenvalue weighted by Crippen LogP contribution is 2.36. The second kappa shape index (κ2) is 11.3. The number of carbonyl (C=O) groups excluding carboxylic acids is 2. The predicted octanol–water partition coefficient (Wildman–Crippen LogP) is 3.81. The van der Waals surface area contributed by atoms with Crippen LogP contribution < -0.4 is 10.1 Å². The molecule has 2 heterocycles. The lowest BCUT2D eigenvalue weighted by molar-refractivity contribution is -0.142. The van der Waals surface area contributed by atoms with Gasteiger partial charge in [-0.3, -0.25) is 4.79 Å². The minimum Gasteiger partial charge on any atom is -0.495 e. The number of nitrogens with one attached hydrogen (secondary N) is 1. The van der Waals surface area contributed by atoms with Gasteiger partial charge in [0.15, 0.2) is 6.61 Å². The first-order chi connectivity index (χ1) is 18.8. The second-order valence-corrected chi connectivity index (χ2v) is 10.7. The SMILES string of the molecule is COc1cc2c(cc1NC(=O)COC(=O)/C=C/c1ccc(S(=O)(=O)N3CCOCC3)cc1)oc1ccccc12. The number of hydrogen-bond donors (Lipinski definition) is 1. The van der Waals surface area contributed by atoms with Crippen molar-refractivity contribution in [3.63, 3.8) is 0 Å². The summed E-state index contributed by atoms with van der Waals surface area (Å²) < 4.78 is 48.4. The van der Waals surface area contributed by atoms with Gasteiger partial charge in [-0.05, 0) is 35.9 Å². The molecule has 1 fully saturated rings. The first-order valence-electron chi connectivity index (χ1n) is 12.2. The van der Waals surface area contributed by atoms with Gasteiger partial charge in [-0.1, -0.05) is 30.3 Å². The number of sulfonamides is 1. The van der Waals surface area contributed by atoms with Crippen LogP contribution in [0.25, 0.3) is 28.0 Å². The zero-order chi connectivity index (χ0) is 27.4. The standard InChI is InChI=1S/C28H26N2O8S/c1-35-26-16-22-21-4-2-3-5-24(21)38-25(22)17-23(26)29-27(31)18-37-28(32)11-8-19-6-9-20(10-7-19)39(33,34)30-12-14-36-15-13-30/h2-11,16-17H,12-15,18H2,1H3,(H,29,31)/b11-8+. The van der Waals surface area contributed by atoms with Gasteiger partial charge in [0.05, 0.1) is 30.9 Å². The monoisotopic (exact) mass is 550 g/mol. The number of anilines is 1. The molecule has 0 radical (unpaired) electrons. The van der Waals surface area contributed by atoms with Gasteiger partial charge in [0.25, 0.3) is 5.91 Å². The Morgan fingerprint density at radius 1 is 1.00 bits per heavy atom. The van der Waals surface area contributed by atoms with Crippen molar-refractivity contribution in [1.29, 1.82) is 0 Å². The molecular weight excluding hydrogens is 524 g/mol. The summed E-state index contributed by atoms with van der Waals surface area (Å²) in [6.45, 7) is 0.838. The first-order valence-corrected chi connectivity index (χ1v) is 13.6. The molecule has 5 rings (SSSR count). The molecule has 0 aliphatic carbocycles. The van der Waals surface area contributed by atoms with Crippen LogP contribution in [0, 0.1) is 0 Å². The van der Waals surface area contributed by atoms with Crippen LogP contribution >= 0.6 is 0 Å². The molecule has 1 aliphatic rings. The van der Waals surface area contributed by atoms with Gasteiger partial charge < -0.3 is 23.9 Å². The van der Waals surface area contributed by atoms with Crippen LogP contribution in [0.3, 0.4) is 0 Å². The van der Waals surface area contributed by atoms with Crippen molar-refractivity contribution in [3.8, 4) is 5.75 Å². The number of amides is 1. The van der Waals surface area contributed by atoms with E-state index in [2.05, 4.69) is 5.32 Å². The highest BCUT2D eigenvalue weighted by molar-refractivity contribution is 7.89. The number of nitrogens with zero attached hydrogens (tertiary/aromatic N) is 1. The molecule has 0 spiro atoms. The molecule has 202 valence electrons. The number of benzene rings is 3. The summed E-state index contributed by atoms with van der Waals surface area (Å²) in [5.74, 6) is -0.842. The molecule has 11 heteroatoms. The summed E-state index contributed by atoms with van der Waals surface area (Å²) in [5.41, 5.74) is 2.28. The summed E-state index contributed by atoms with van der Waals surface area (Å²) in [7, 11) is -2.11. The number of furan rings is 1. The average molecular weight is 551 g/mol. The number of morpholine rings is 1. The quantitative estimate of drug-likeness (QED) is 0.259. The van der Waals surface area contributed by atoms with E-state index < -0.39 is 28.5 Å². The van der Waals surface area contributed by atoms with Gasteiger partial charge in [-0.2, -0.15) is 4.31 Å². The highest BCUT2D eigenvalue weighted by Gasteiger charge is 2.26. The van der Waals surface area contributed by atoms with E-state index in [9.17, 15) is 18.0 Å². The normalized spacial score (nSPS) is 14.6. The number of fused-ring (bicyclic) bond motifs is 3. The largest absolute Gasteiger partial charge is 0.495 e. The number of rotatable bonds is 8. The van der Waals surface area contributed by atoms with Crippen molar-refractivity contribution in [2.24, 2.45) is 0 Å². The third-order valence-corrected chi connectivity index (χ3v) is 8.13. The summed E-state index contributed by atoms with van der Waals surface area (Å²) in [4.78, 5) is 24.8. The van der Waals surface area contributed by atoms with E-state index >= 15 is 0 Å². The third kappa shape index (κ3) is 5.80. The van der Waals surface area contributed by atoms with E-state index in [0.717, 1.165) is 10.8 Å². The van der Waals surface area contributed by atoms with Crippen LogP contribution in [-0.4, -0.2) is 64.6 Å². The van der Waals surface area contributed by atoms with Crippen LogP contribution in [0.1, 0.15) is 5.56 Å². The fraction of sp³-hybridized carbons (Fsp3) is 0.214. The summed E-state index contributed by atoms with van der Waals surface area (Å²) in [6.07, 6.45) is 2.64. The van der Waals surface area contributed by atoms with E-state index in [0.29, 0.717) is 54.5 Å². The molecule has 0 unspecified atom stereocenters. The maximum Gasteiger partial charge on any atom is 0.331 e. The zero-order valence-electron chi connectivity index (χ0n) is 21.1. The molecule has 0 bridgehead atoms. The van der Waals surface area contributed by atoms with Crippen molar-refractivity contribution in [2.45, 2.75) is 4.90 Å². The van der Waals surface area contributed by atoms with Crippen molar-refractivity contribution in [3.05, 3.63) is 72.3 Å². The van der Waals surface area contributed by atoms with Gasteiger partial charge in [0.2, 0.25) is 10.0 Å². The molecular formula is C28H26N2O8S. The van der Waals surface area contributed by atoms with Crippen molar-refractivity contribution >= 4 is 55.6 Å². The van der Waals surface area contributed by atoms with E-state index in [1.165, 1.54) is 35.7 Å². The summed E-state index contributed by atoms with van der Waals surface area (Å²) in [5, 5.41) is 4.46. The Morgan fingerprint density at radius 3 is 2.49 bits per heavy atom. The lowest BCUT2D eigenvalue weighted by atomic mass is 10.1. The van der Waals surface area contributed by atoms with Crippen molar-refractivity contribution in [2.75, 3.05) is 45.3 Å². The Balaban J connectivity index is 1.17. The predicted molar refractivity (Wildman–Crippen MR) is 145 cm³/mol. The Bertz CT molecular complexity index is 1650. The minimum absolute atomic E-state index is 0.164. The molecule has 1 aliphatic heterocycles. The van der Waals surface area contributed by atoms with Gasteiger partial charge in [0, 0.05) is 36.0 Å². The van der Waals surface area contributed by atoms with E-state index in [1.807, 2.05) is 24.3 Å². The zero-order valence-corrected chi connectivity index (χ0v) is 21.9. The molecule has 39 heavy (non-hydrogen) atoms. The molecule has 0 saturated carbocycles. The molecule has 3 aromatic carbocycles. The molecule has 1 amide bonds. The number of hydrogen-bond acceptors (Lipinski definition) is 8. The Morgan fingerprint density at radius 2 is 1.74 bits per heavy atom. The molecule has 0 atom stereocenters. The van der Waals surface area contributed by atoms with Gasteiger partial charge in [-0.25, -0.2) is 13.2 Å². The van der Waals surface area contributed by atoms with Gasteiger partial charge >= 0.3 is 5.97 Å². The lowest BCUT2D eigenvalue weighted by Gasteiger charge is -2.26. The fourth-order valence-corrected chi connectivity index (χ4v) is 5.65. The Kier molecular flexibility index (Phi) is 7.64. The van der Waals surface area contributed by atoms with E-state index in [1.54, 1.807) is 24.3 Å².